The van der Waals surface area contributed by atoms with E-state index in [2.05, 4.69) is 4.72 Å². The summed E-state index contributed by atoms with van der Waals surface area (Å²) >= 11 is 0. The standard InChI is InChI=1S/C14H22N2O3S/c1-11(12-3-2-4-12)16-20(17,18)14-7-5-13(6-8-14)19-10-9-15/h5-8,11-12,16H,2-4,9-10,15H2,1H3. The minimum atomic E-state index is -3.45. The molecule has 2 rings (SSSR count). The lowest BCUT2D eigenvalue weighted by Gasteiger charge is -2.31. The van der Waals surface area contributed by atoms with E-state index in [1.54, 1.807) is 24.3 Å². The quantitative estimate of drug-likeness (QED) is 0.799. The average Bonchev–Trinajstić information content (AvgIpc) is 2.34. The third-order valence-electron chi connectivity index (χ3n) is 3.72. The minimum absolute atomic E-state index is 0.0121. The van der Waals surface area contributed by atoms with Crippen LogP contribution in [0.25, 0.3) is 0 Å². The molecule has 1 saturated carbocycles. The maximum Gasteiger partial charge on any atom is 0.240 e. The van der Waals surface area contributed by atoms with Gasteiger partial charge in [0.1, 0.15) is 12.4 Å². The molecule has 1 atom stereocenters. The Labute approximate surface area is 120 Å². The third kappa shape index (κ3) is 3.71. The summed E-state index contributed by atoms with van der Waals surface area (Å²) in [5.41, 5.74) is 5.35. The van der Waals surface area contributed by atoms with Crippen LogP contribution in [0.3, 0.4) is 0 Å². The second-order valence-electron chi connectivity index (χ2n) is 5.21. The van der Waals surface area contributed by atoms with Gasteiger partial charge < -0.3 is 10.5 Å². The average molecular weight is 298 g/mol. The molecule has 0 radical (unpaired) electrons. The van der Waals surface area contributed by atoms with Crippen molar-refractivity contribution >= 4 is 10.0 Å². The zero-order valence-electron chi connectivity index (χ0n) is 11.7. The normalized spacial score (nSPS) is 17.5. The maximum absolute atomic E-state index is 12.2. The van der Waals surface area contributed by atoms with E-state index >= 15 is 0 Å². The van der Waals surface area contributed by atoms with E-state index in [0.29, 0.717) is 24.8 Å². The van der Waals surface area contributed by atoms with E-state index in [1.165, 1.54) is 6.42 Å². The molecular weight excluding hydrogens is 276 g/mol. The van der Waals surface area contributed by atoms with Gasteiger partial charge in [0.05, 0.1) is 4.90 Å². The molecule has 1 aliphatic rings. The second-order valence-corrected chi connectivity index (χ2v) is 6.92. The summed E-state index contributed by atoms with van der Waals surface area (Å²) in [7, 11) is -3.45. The third-order valence-corrected chi connectivity index (χ3v) is 5.29. The lowest BCUT2D eigenvalue weighted by molar-refractivity contribution is 0.260. The van der Waals surface area contributed by atoms with Crippen molar-refractivity contribution in [3.05, 3.63) is 24.3 Å². The molecule has 20 heavy (non-hydrogen) atoms. The van der Waals surface area contributed by atoms with Gasteiger partial charge in [-0.1, -0.05) is 6.42 Å². The Balaban J connectivity index is 2.01. The number of benzene rings is 1. The molecule has 5 nitrogen and oxygen atoms in total. The molecule has 0 aromatic heterocycles. The van der Waals surface area contributed by atoms with Crippen molar-refractivity contribution in [2.45, 2.75) is 37.1 Å². The van der Waals surface area contributed by atoms with Crippen molar-refractivity contribution in [2.75, 3.05) is 13.2 Å². The number of hydrogen-bond donors (Lipinski definition) is 2. The van der Waals surface area contributed by atoms with Gasteiger partial charge in [-0.25, -0.2) is 13.1 Å². The lowest BCUT2D eigenvalue weighted by atomic mass is 9.81. The Bertz CT molecular complexity index is 524. The summed E-state index contributed by atoms with van der Waals surface area (Å²) in [4.78, 5) is 0.267. The first-order valence-electron chi connectivity index (χ1n) is 6.98. The predicted octanol–water partition coefficient (Wildman–Crippen LogP) is 1.49. The zero-order chi connectivity index (χ0) is 14.6. The fraction of sp³-hybridized carbons (Fsp3) is 0.571. The molecule has 0 spiro atoms. The monoisotopic (exact) mass is 298 g/mol. The van der Waals surface area contributed by atoms with E-state index < -0.39 is 10.0 Å². The molecule has 0 saturated heterocycles. The van der Waals surface area contributed by atoms with Crippen LogP contribution in [0.1, 0.15) is 26.2 Å². The van der Waals surface area contributed by atoms with Crippen LogP contribution in [0.5, 0.6) is 5.75 Å². The highest BCUT2D eigenvalue weighted by molar-refractivity contribution is 7.89. The Morgan fingerprint density at radius 2 is 2.00 bits per heavy atom. The number of hydrogen-bond acceptors (Lipinski definition) is 4. The summed E-state index contributed by atoms with van der Waals surface area (Å²) in [6.07, 6.45) is 3.41. The van der Waals surface area contributed by atoms with E-state index in [0.717, 1.165) is 12.8 Å². The highest BCUT2D eigenvalue weighted by Crippen LogP contribution is 2.30. The molecular formula is C14H22N2O3S. The first-order valence-corrected chi connectivity index (χ1v) is 8.46. The van der Waals surface area contributed by atoms with Crippen LogP contribution in [-0.4, -0.2) is 27.6 Å². The van der Waals surface area contributed by atoms with Gasteiger partial charge in [-0.3, -0.25) is 0 Å². The topological polar surface area (TPSA) is 81.4 Å². The SMILES string of the molecule is CC(NS(=O)(=O)c1ccc(OCCN)cc1)C1CCC1. The van der Waals surface area contributed by atoms with Gasteiger partial charge in [-0.15, -0.1) is 0 Å². The first kappa shape index (κ1) is 15.3. The molecule has 1 aromatic carbocycles. The Hall–Kier alpha value is -1.11. The fourth-order valence-electron chi connectivity index (χ4n) is 2.24. The number of nitrogens with two attached hydrogens (primary N) is 1. The largest absolute Gasteiger partial charge is 0.492 e. The summed E-state index contributed by atoms with van der Waals surface area (Å²) in [6.45, 7) is 2.78. The van der Waals surface area contributed by atoms with Crippen molar-refractivity contribution in [1.29, 1.82) is 0 Å². The van der Waals surface area contributed by atoms with Crippen molar-refractivity contribution in [2.24, 2.45) is 11.7 Å². The van der Waals surface area contributed by atoms with Crippen molar-refractivity contribution in [1.82, 2.24) is 4.72 Å². The van der Waals surface area contributed by atoms with Crippen LogP contribution < -0.4 is 15.2 Å². The van der Waals surface area contributed by atoms with Gasteiger partial charge in [-0.2, -0.15) is 0 Å². The van der Waals surface area contributed by atoms with E-state index in [9.17, 15) is 8.42 Å². The van der Waals surface area contributed by atoms with Crippen molar-refractivity contribution in [3.63, 3.8) is 0 Å². The second kappa shape index (κ2) is 6.56. The van der Waals surface area contributed by atoms with Crippen LogP contribution in [0, 0.1) is 5.92 Å². The van der Waals surface area contributed by atoms with Gasteiger partial charge in [0.2, 0.25) is 10.0 Å². The number of ether oxygens (including phenoxy) is 1. The molecule has 1 aromatic rings. The molecule has 0 amide bonds. The Morgan fingerprint density at radius 1 is 1.35 bits per heavy atom. The predicted molar refractivity (Wildman–Crippen MR) is 78.1 cm³/mol. The number of nitrogens with one attached hydrogen (secondary N) is 1. The molecule has 112 valence electrons. The Morgan fingerprint density at radius 3 is 2.50 bits per heavy atom. The molecule has 1 unspecified atom stereocenters. The van der Waals surface area contributed by atoms with Crippen molar-refractivity contribution in [3.8, 4) is 5.75 Å². The molecule has 0 aliphatic heterocycles. The van der Waals surface area contributed by atoms with Crippen molar-refractivity contribution < 1.29 is 13.2 Å². The van der Waals surface area contributed by atoms with E-state index in [1.807, 2.05) is 6.92 Å². The van der Waals surface area contributed by atoms with Crippen LogP contribution in [0.15, 0.2) is 29.2 Å². The van der Waals surface area contributed by atoms with Crippen LogP contribution in [0.4, 0.5) is 0 Å². The molecule has 6 heteroatoms. The number of sulfonamides is 1. The fourth-order valence-corrected chi connectivity index (χ4v) is 3.55. The van der Waals surface area contributed by atoms with Crippen LogP contribution >= 0.6 is 0 Å². The van der Waals surface area contributed by atoms with Gasteiger partial charge in [-0.05, 0) is 49.9 Å². The Kier molecular flexibility index (Phi) is 5.01. The van der Waals surface area contributed by atoms with Gasteiger partial charge >= 0.3 is 0 Å². The molecule has 0 bridgehead atoms. The van der Waals surface area contributed by atoms with Gasteiger partial charge in [0.15, 0.2) is 0 Å². The maximum atomic E-state index is 12.2. The summed E-state index contributed by atoms with van der Waals surface area (Å²) in [5, 5.41) is 0. The highest BCUT2D eigenvalue weighted by Gasteiger charge is 2.27. The van der Waals surface area contributed by atoms with E-state index in [4.69, 9.17) is 10.5 Å². The highest BCUT2D eigenvalue weighted by atomic mass is 32.2. The molecule has 3 N–H and O–H groups in total. The smallest absolute Gasteiger partial charge is 0.240 e. The van der Waals surface area contributed by atoms with Gasteiger partial charge in [0, 0.05) is 12.6 Å². The molecule has 1 aliphatic carbocycles. The zero-order valence-corrected chi connectivity index (χ0v) is 12.5. The molecule has 0 heterocycles. The molecule has 1 fully saturated rings. The number of rotatable bonds is 7. The first-order chi connectivity index (χ1) is 9.53. The summed E-state index contributed by atoms with van der Waals surface area (Å²) in [5.74, 6) is 1.10. The van der Waals surface area contributed by atoms with Gasteiger partial charge in [0.25, 0.3) is 0 Å². The summed E-state index contributed by atoms with van der Waals surface area (Å²) < 4.78 is 32.6. The minimum Gasteiger partial charge on any atom is -0.492 e. The van der Waals surface area contributed by atoms with Crippen LogP contribution in [0.2, 0.25) is 0 Å². The van der Waals surface area contributed by atoms with Crippen LogP contribution in [-0.2, 0) is 10.0 Å². The summed E-state index contributed by atoms with van der Waals surface area (Å²) in [6, 6.07) is 6.40. The van der Waals surface area contributed by atoms with E-state index in [-0.39, 0.29) is 10.9 Å². The lowest BCUT2D eigenvalue weighted by Crippen LogP contribution is -2.40.